The minimum absolute atomic E-state index is 0.706. The van der Waals surface area contributed by atoms with Gasteiger partial charge in [-0.15, -0.1) is 0 Å². The fourth-order valence-electron chi connectivity index (χ4n) is 3.08. The Morgan fingerprint density at radius 1 is 1.00 bits per heavy atom. The zero-order valence-corrected chi connectivity index (χ0v) is 12.7. The van der Waals surface area contributed by atoms with Crippen LogP contribution in [0, 0.1) is 0 Å². The van der Waals surface area contributed by atoms with Crippen molar-refractivity contribution in [2.75, 3.05) is 11.9 Å². The van der Waals surface area contributed by atoms with Crippen molar-refractivity contribution in [3.63, 3.8) is 0 Å². The van der Waals surface area contributed by atoms with Crippen molar-refractivity contribution in [3.8, 4) is 5.75 Å². The summed E-state index contributed by atoms with van der Waals surface area (Å²) in [4.78, 5) is 0. The van der Waals surface area contributed by atoms with Crippen LogP contribution in [0.3, 0.4) is 0 Å². The standard InChI is InChI=1S/C19H23NO/c1-2-21-19-13-6-4-9-16(19)14-20-18-12-7-10-15-8-3-5-11-17(15)18/h4,6-7,9-10,12-13,20H,2-3,5,8,11,14H2,1H3. The first-order valence-electron chi connectivity index (χ1n) is 7.94. The number of fused-ring (bicyclic) bond motifs is 1. The molecule has 0 radical (unpaired) electrons. The quantitative estimate of drug-likeness (QED) is 0.866. The van der Waals surface area contributed by atoms with Gasteiger partial charge in [-0.1, -0.05) is 30.3 Å². The number of ether oxygens (including phenoxy) is 1. The molecule has 2 aromatic rings. The molecule has 0 saturated carbocycles. The van der Waals surface area contributed by atoms with Crippen molar-refractivity contribution in [3.05, 3.63) is 59.2 Å². The van der Waals surface area contributed by atoms with Gasteiger partial charge in [-0.3, -0.25) is 0 Å². The number of hydrogen-bond donors (Lipinski definition) is 1. The molecule has 3 rings (SSSR count). The number of aryl methyl sites for hydroxylation is 1. The molecule has 0 spiro atoms. The summed E-state index contributed by atoms with van der Waals surface area (Å²) in [6.07, 6.45) is 5.05. The highest BCUT2D eigenvalue weighted by Gasteiger charge is 2.12. The van der Waals surface area contributed by atoms with Crippen molar-refractivity contribution >= 4 is 5.69 Å². The van der Waals surface area contributed by atoms with Gasteiger partial charge in [-0.2, -0.15) is 0 Å². The molecule has 110 valence electrons. The first-order valence-corrected chi connectivity index (χ1v) is 7.94. The highest BCUT2D eigenvalue weighted by molar-refractivity contribution is 5.56. The SMILES string of the molecule is CCOc1ccccc1CNc1cccc2c1CCCC2. The molecule has 0 amide bonds. The molecule has 0 aliphatic heterocycles. The summed E-state index contributed by atoms with van der Waals surface area (Å²) in [5.74, 6) is 0.984. The molecule has 0 heterocycles. The monoisotopic (exact) mass is 281 g/mol. The molecule has 1 N–H and O–H groups in total. The Balaban J connectivity index is 1.76. The summed E-state index contributed by atoms with van der Waals surface area (Å²) in [5, 5.41) is 3.61. The Bertz CT molecular complexity index is 606. The number of rotatable bonds is 5. The maximum Gasteiger partial charge on any atom is 0.124 e. The van der Waals surface area contributed by atoms with Crippen LogP contribution in [-0.2, 0) is 19.4 Å². The Kier molecular flexibility index (Phi) is 4.44. The van der Waals surface area contributed by atoms with Gasteiger partial charge in [0.1, 0.15) is 5.75 Å². The van der Waals surface area contributed by atoms with Gasteiger partial charge in [0, 0.05) is 17.8 Å². The lowest BCUT2D eigenvalue weighted by Crippen LogP contribution is -2.09. The Morgan fingerprint density at radius 3 is 2.76 bits per heavy atom. The van der Waals surface area contributed by atoms with Gasteiger partial charge >= 0.3 is 0 Å². The number of benzene rings is 2. The van der Waals surface area contributed by atoms with Crippen LogP contribution in [-0.4, -0.2) is 6.61 Å². The van der Waals surface area contributed by atoms with E-state index in [9.17, 15) is 0 Å². The van der Waals surface area contributed by atoms with Gasteiger partial charge in [0.2, 0.25) is 0 Å². The molecular weight excluding hydrogens is 258 g/mol. The minimum atomic E-state index is 0.706. The molecule has 0 saturated heterocycles. The Hall–Kier alpha value is -1.96. The lowest BCUT2D eigenvalue weighted by atomic mass is 9.90. The van der Waals surface area contributed by atoms with Crippen molar-refractivity contribution < 1.29 is 4.74 Å². The third-order valence-corrected chi connectivity index (χ3v) is 4.14. The molecule has 2 heteroatoms. The van der Waals surface area contributed by atoms with Crippen LogP contribution in [0.25, 0.3) is 0 Å². The molecule has 2 aromatic carbocycles. The van der Waals surface area contributed by atoms with E-state index in [1.807, 2.05) is 19.1 Å². The number of anilines is 1. The summed E-state index contributed by atoms with van der Waals surface area (Å²) >= 11 is 0. The van der Waals surface area contributed by atoms with E-state index in [0.29, 0.717) is 6.61 Å². The second-order valence-corrected chi connectivity index (χ2v) is 5.54. The Morgan fingerprint density at radius 2 is 1.86 bits per heavy atom. The van der Waals surface area contributed by atoms with Gasteiger partial charge in [-0.05, 0) is 55.9 Å². The van der Waals surface area contributed by atoms with Gasteiger partial charge in [0.25, 0.3) is 0 Å². The van der Waals surface area contributed by atoms with Crippen LogP contribution >= 0.6 is 0 Å². The van der Waals surface area contributed by atoms with Crippen LogP contribution in [0.5, 0.6) is 5.75 Å². The third-order valence-electron chi connectivity index (χ3n) is 4.14. The number of para-hydroxylation sites is 1. The van der Waals surface area contributed by atoms with E-state index in [0.717, 1.165) is 12.3 Å². The van der Waals surface area contributed by atoms with Crippen LogP contribution in [0.1, 0.15) is 36.5 Å². The average Bonchev–Trinajstić information content (AvgIpc) is 2.54. The smallest absolute Gasteiger partial charge is 0.124 e. The number of nitrogens with one attached hydrogen (secondary N) is 1. The zero-order chi connectivity index (χ0) is 14.5. The van der Waals surface area contributed by atoms with Gasteiger partial charge in [0.15, 0.2) is 0 Å². The molecule has 0 aromatic heterocycles. The lowest BCUT2D eigenvalue weighted by Gasteiger charge is -2.20. The van der Waals surface area contributed by atoms with Crippen LogP contribution < -0.4 is 10.1 Å². The fourth-order valence-corrected chi connectivity index (χ4v) is 3.08. The second-order valence-electron chi connectivity index (χ2n) is 5.54. The third kappa shape index (κ3) is 3.21. The lowest BCUT2D eigenvalue weighted by molar-refractivity contribution is 0.337. The highest BCUT2D eigenvalue weighted by Crippen LogP contribution is 2.28. The van der Waals surface area contributed by atoms with E-state index in [4.69, 9.17) is 4.74 Å². The fraction of sp³-hybridized carbons (Fsp3) is 0.368. The molecular formula is C19H23NO. The number of hydrogen-bond acceptors (Lipinski definition) is 2. The molecule has 1 aliphatic rings. The first-order chi connectivity index (χ1) is 10.4. The van der Waals surface area contributed by atoms with E-state index in [2.05, 4.69) is 35.6 Å². The van der Waals surface area contributed by atoms with Crippen molar-refractivity contribution in [1.29, 1.82) is 0 Å². The summed E-state index contributed by atoms with van der Waals surface area (Å²) in [5.41, 5.74) is 5.54. The largest absolute Gasteiger partial charge is 0.494 e. The molecule has 21 heavy (non-hydrogen) atoms. The van der Waals surface area contributed by atoms with E-state index in [-0.39, 0.29) is 0 Å². The van der Waals surface area contributed by atoms with Crippen LogP contribution in [0.2, 0.25) is 0 Å². The van der Waals surface area contributed by atoms with Crippen molar-refractivity contribution in [2.45, 2.75) is 39.2 Å². The average molecular weight is 281 g/mol. The molecule has 2 nitrogen and oxygen atoms in total. The maximum absolute atomic E-state index is 5.70. The molecule has 0 unspecified atom stereocenters. The van der Waals surface area contributed by atoms with Crippen LogP contribution in [0.15, 0.2) is 42.5 Å². The summed E-state index contributed by atoms with van der Waals surface area (Å²) < 4.78 is 5.70. The van der Waals surface area contributed by atoms with E-state index < -0.39 is 0 Å². The summed E-state index contributed by atoms with van der Waals surface area (Å²) in [7, 11) is 0. The highest BCUT2D eigenvalue weighted by atomic mass is 16.5. The van der Waals surface area contributed by atoms with E-state index >= 15 is 0 Å². The predicted molar refractivity (Wildman–Crippen MR) is 88.0 cm³/mol. The second kappa shape index (κ2) is 6.66. The first kappa shape index (κ1) is 14.0. The van der Waals surface area contributed by atoms with Crippen molar-refractivity contribution in [2.24, 2.45) is 0 Å². The van der Waals surface area contributed by atoms with Gasteiger partial charge in [0.05, 0.1) is 6.61 Å². The van der Waals surface area contributed by atoms with Crippen molar-refractivity contribution in [1.82, 2.24) is 0 Å². The summed E-state index contributed by atoms with van der Waals surface area (Å²) in [6.45, 7) is 3.54. The zero-order valence-electron chi connectivity index (χ0n) is 12.7. The van der Waals surface area contributed by atoms with E-state index in [1.165, 1.54) is 48.1 Å². The predicted octanol–water partition coefficient (Wildman–Crippen LogP) is 4.58. The van der Waals surface area contributed by atoms with E-state index in [1.54, 1.807) is 0 Å². The van der Waals surface area contributed by atoms with Gasteiger partial charge in [-0.25, -0.2) is 0 Å². The Labute approximate surface area is 127 Å². The molecule has 0 fully saturated rings. The molecule has 0 bridgehead atoms. The van der Waals surface area contributed by atoms with Gasteiger partial charge < -0.3 is 10.1 Å². The molecule has 1 aliphatic carbocycles. The summed E-state index contributed by atoms with van der Waals surface area (Å²) in [6, 6.07) is 14.9. The maximum atomic E-state index is 5.70. The van der Waals surface area contributed by atoms with Crippen LogP contribution in [0.4, 0.5) is 5.69 Å². The molecule has 0 atom stereocenters. The topological polar surface area (TPSA) is 21.3 Å². The minimum Gasteiger partial charge on any atom is -0.494 e. The normalized spacial score (nSPS) is 13.6.